The SMILES string of the molecule is O=C(O)[C@@H]1CC[C@@H](N(OCc2ccccc2)S(=O)(=O)c2ccc([N+](=O)[O-])cc2)CN1C(=O)C(F)(F)F. The number of nitro groups is 1. The van der Waals surface area contributed by atoms with Crippen molar-refractivity contribution in [2.75, 3.05) is 6.54 Å². The highest BCUT2D eigenvalue weighted by atomic mass is 32.2. The minimum absolute atomic E-state index is 0.0702. The summed E-state index contributed by atoms with van der Waals surface area (Å²) in [5.74, 6) is -4.09. The molecule has 1 aliphatic heterocycles. The van der Waals surface area contributed by atoms with Crippen molar-refractivity contribution in [1.29, 1.82) is 0 Å². The largest absolute Gasteiger partial charge is 0.480 e. The van der Waals surface area contributed by atoms with Crippen LogP contribution >= 0.6 is 0 Å². The smallest absolute Gasteiger partial charge is 0.471 e. The first kappa shape index (κ1) is 27.0. The molecule has 1 saturated heterocycles. The number of nitrogens with zero attached hydrogens (tertiary/aromatic N) is 3. The van der Waals surface area contributed by atoms with Crippen LogP contribution in [0, 0.1) is 10.1 Å². The maximum absolute atomic E-state index is 13.4. The van der Waals surface area contributed by atoms with E-state index in [9.17, 15) is 46.4 Å². The predicted molar refractivity (Wildman–Crippen MR) is 116 cm³/mol. The van der Waals surface area contributed by atoms with E-state index in [1.54, 1.807) is 30.3 Å². The number of rotatable bonds is 8. The van der Waals surface area contributed by atoms with Gasteiger partial charge in [0, 0.05) is 18.7 Å². The van der Waals surface area contributed by atoms with Crippen LogP contribution in [0.15, 0.2) is 59.5 Å². The summed E-state index contributed by atoms with van der Waals surface area (Å²) >= 11 is 0. The number of benzene rings is 2. The number of sulfonamides is 1. The molecule has 0 unspecified atom stereocenters. The highest BCUT2D eigenvalue weighted by molar-refractivity contribution is 7.89. The molecule has 1 N–H and O–H groups in total. The van der Waals surface area contributed by atoms with Gasteiger partial charge in [0.1, 0.15) is 6.04 Å². The molecular weight excluding hydrogens is 511 g/mol. The maximum atomic E-state index is 13.4. The Morgan fingerprint density at radius 2 is 1.72 bits per heavy atom. The molecule has 0 spiro atoms. The molecule has 1 aliphatic rings. The quantitative estimate of drug-likeness (QED) is 0.404. The number of non-ortho nitro benzene ring substituents is 1. The highest BCUT2D eigenvalue weighted by Crippen LogP contribution is 2.31. The fourth-order valence-electron chi connectivity index (χ4n) is 3.69. The van der Waals surface area contributed by atoms with Gasteiger partial charge < -0.3 is 10.0 Å². The van der Waals surface area contributed by atoms with Crippen molar-refractivity contribution in [2.24, 2.45) is 0 Å². The second kappa shape index (κ2) is 10.6. The molecule has 194 valence electrons. The van der Waals surface area contributed by atoms with Crippen molar-refractivity contribution in [3.8, 4) is 0 Å². The van der Waals surface area contributed by atoms with Gasteiger partial charge in [0.25, 0.3) is 15.7 Å². The van der Waals surface area contributed by atoms with Gasteiger partial charge >= 0.3 is 18.1 Å². The van der Waals surface area contributed by atoms with Gasteiger partial charge in [-0.1, -0.05) is 34.8 Å². The van der Waals surface area contributed by atoms with Crippen LogP contribution in [0.4, 0.5) is 18.9 Å². The summed E-state index contributed by atoms with van der Waals surface area (Å²) in [4.78, 5) is 38.8. The van der Waals surface area contributed by atoms with E-state index in [-0.39, 0.29) is 17.9 Å². The number of piperidine rings is 1. The molecule has 3 rings (SSSR count). The molecule has 2 aromatic rings. The van der Waals surface area contributed by atoms with E-state index in [2.05, 4.69) is 0 Å². The van der Waals surface area contributed by atoms with Crippen LogP contribution in [0.3, 0.4) is 0 Å². The zero-order valence-corrected chi connectivity index (χ0v) is 19.2. The van der Waals surface area contributed by atoms with Gasteiger partial charge in [-0.25, -0.2) is 13.2 Å². The zero-order chi connectivity index (χ0) is 26.7. The molecule has 0 bridgehead atoms. The number of amides is 1. The van der Waals surface area contributed by atoms with E-state index in [0.29, 0.717) is 10.0 Å². The lowest BCUT2D eigenvalue weighted by Crippen LogP contribution is -2.59. The molecule has 2 atom stereocenters. The number of likely N-dealkylation sites (tertiary alicyclic amines) is 1. The number of aliphatic carboxylic acids is 1. The number of carboxylic acid groups (broad SMARTS) is 1. The number of nitro benzene ring substituents is 1. The van der Waals surface area contributed by atoms with Crippen LogP contribution in [0.5, 0.6) is 0 Å². The van der Waals surface area contributed by atoms with E-state index < -0.39 is 68.6 Å². The molecular formula is C21H20F3N3O8S. The summed E-state index contributed by atoms with van der Waals surface area (Å²) in [5, 5.41) is 20.2. The summed E-state index contributed by atoms with van der Waals surface area (Å²) in [5.41, 5.74) is 0.124. The number of hydrogen-bond donors (Lipinski definition) is 1. The van der Waals surface area contributed by atoms with Crippen molar-refractivity contribution < 1.29 is 46.0 Å². The highest BCUT2D eigenvalue weighted by Gasteiger charge is 2.50. The molecule has 15 heteroatoms. The monoisotopic (exact) mass is 531 g/mol. The Bertz CT molecular complexity index is 1220. The Morgan fingerprint density at radius 3 is 2.25 bits per heavy atom. The summed E-state index contributed by atoms with van der Waals surface area (Å²) < 4.78 is 66.8. The minimum Gasteiger partial charge on any atom is -0.480 e. The van der Waals surface area contributed by atoms with Crippen molar-refractivity contribution in [3.63, 3.8) is 0 Å². The third kappa shape index (κ3) is 5.98. The first-order valence-electron chi connectivity index (χ1n) is 10.4. The number of hydroxylamine groups is 1. The number of halogens is 3. The Morgan fingerprint density at radius 1 is 1.11 bits per heavy atom. The fourth-order valence-corrected chi connectivity index (χ4v) is 5.14. The van der Waals surface area contributed by atoms with Gasteiger partial charge in [-0.05, 0) is 30.5 Å². The van der Waals surface area contributed by atoms with Gasteiger partial charge in [-0.2, -0.15) is 13.2 Å². The van der Waals surface area contributed by atoms with Gasteiger partial charge in [0.05, 0.1) is 22.5 Å². The Labute approximate surface area is 202 Å². The lowest BCUT2D eigenvalue weighted by molar-refractivity contribution is -0.384. The summed E-state index contributed by atoms with van der Waals surface area (Å²) in [7, 11) is -4.61. The first-order chi connectivity index (χ1) is 16.8. The van der Waals surface area contributed by atoms with Crippen LogP contribution in [-0.4, -0.2) is 64.5 Å². The standard InChI is InChI=1S/C21H20F3N3O8S/c22-21(23,24)20(30)25-12-16(8-11-18(25)19(28)29)27(35-13-14-4-2-1-3-5-14)36(33,34)17-9-6-15(7-10-17)26(31)32/h1-7,9-10,16,18H,8,11-13H2,(H,28,29)/t16-,18+/m1/s1. The predicted octanol–water partition coefficient (Wildman–Crippen LogP) is 2.72. The van der Waals surface area contributed by atoms with Crippen LogP contribution in [0.1, 0.15) is 18.4 Å². The fraction of sp³-hybridized carbons (Fsp3) is 0.333. The van der Waals surface area contributed by atoms with Crippen LogP contribution in [0.2, 0.25) is 0 Å². The summed E-state index contributed by atoms with van der Waals surface area (Å²) in [6.07, 6.45) is -6.09. The molecule has 11 nitrogen and oxygen atoms in total. The number of carboxylic acids is 1. The molecule has 1 amide bonds. The normalized spacial score (nSPS) is 18.7. The number of alkyl halides is 3. The second-order valence-corrected chi connectivity index (χ2v) is 9.59. The topological polar surface area (TPSA) is 147 Å². The Balaban J connectivity index is 1.98. The van der Waals surface area contributed by atoms with Crippen molar-refractivity contribution in [2.45, 2.75) is 42.6 Å². The lowest BCUT2D eigenvalue weighted by atomic mass is 9.98. The van der Waals surface area contributed by atoms with Crippen molar-refractivity contribution >= 4 is 27.6 Å². The third-order valence-corrected chi connectivity index (χ3v) is 7.17. The summed E-state index contributed by atoms with van der Waals surface area (Å²) in [6, 6.07) is 8.76. The number of hydrogen-bond acceptors (Lipinski definition) is 7. The molecule has 2 aromatic carbocycles. The minimum atomic E-state index is -5.39. The molecule has 0 aliphatic carbocycles. The van der Waals surface area contributed by atoms with E-state index in [1.165, 1.54) is 0 Å². The van der Waals surface area contributed by atoms with E-state index >= 15 is 0 Å². The average Bonchev–Trinajstić information content (AvgIpc) is 2.83. The van der Waals surface area contributed by atoms with E-state index in [1.807, 2.05) is 0 Å². The third-order valence-electron chi connectivity index (χ3n) is 5.43. The lowest BCUT2D eigenvalue weighted by Gasteiger charge is -2.40. The molecule has 1 heterocycles. The molecule has 0 saturated carbocycles. The summed E-state index contributed by atoms with van der Waals surface area (Å²) in [6.45, 7) is -1.23. The number of carbonyl (C=O) groups is 2. The average molecular weight is 531 g/mol. The van der Waals surface area contributed by atoms with Crippen LogP contribution < -0.4 is 0 Å². The Hall–Kier alpha value is -3.56. The van der Waals surface area contributed by atoms with Crippen LogP contribution in [-0.2, 0) is 31.1 Å². The van der Waals surface area contributed by atoms with Crippen LogP contribution in [0.25, 0.3) is 0 Å². The van der Waals surface area contributed by atoms with E-state index in [4.69, 9.17) is 4.84 Å². The Kier molecular flexibility index (Phi) is 7.96. The van der Waals surface area contributed by atoms with Gasteiger partial charge in [-0.15, -0.1) is 0 Å². The maximum Gasteiger partial charge on any atom is 0.471 e. The molecule has 0 aromatic heterocycles. The molecule has 0 radical (unpaired) electrons. The zero-order valence-electron chi connectivity index (χ0n) is 18.4. The van der Waals surface area contributed by atoms with Gasteiger partial charge in [0.2, 0.25) is 0 Å². The first-order valence-corrected chi connectivity index (χ1v) is 11.8. The van der Waals surface area contributed by atoms with Gasteiger partial charge in [-0.3, -0.25) is 19.7 Å². The second-order valence-electron chi connectivity index (χ2n) is 7.81. The van der Waals surface area contributed by atoms with Gasteiger partial charge in [0.15, 0.2) is 0 Å². The number of carbonyl (C=O) groups excluding carboxylic acids is 1. The van der Waals surface area contributed by atoms with Crippen molar-refractivity contribution in [1.82, 2.24) is 9.37 Å². The van der Waals surface area contributed by atoms with E-state index in [0.717, 1.165) is 24.3 Å². The molecule has 36 heavy (non-hydrogen) atoms. The van der Waals surface area contributed by atoms with Crippen molar-refractivity contribution in [3.05, 3.63) is 70.3 Å². The molecule has 1 fully saturated rings.